The average Bonchev–Trinajstić information content (AvgIpc) is 3.01. The van der Waals surface area contributed by atoms with Crippen LogP contribution < -0.4 is 5.73 Å². The van der Waals surface area contributed by atoms with Gasteiger partial charge in [0, 0.05) is 19.3 Å². The molecule has 0 saturated carbocycles. The molecule has 0 aliphatic heterocycles. The molecule has 0 aromatic carbocycles. The fraction of sp³-hybridized carbons (Fsp3) is 0.684. The van der Waals surface area contributed by atoms with Gasteiger partial charge in [-0.2, -0.15) is 0 Å². The number of methoxy groups -OCH3 is 1. The van der Waals surface area contributed by atoms with Gasteiger partial charge < -0.3 is 15.0 Å². The van der Waals surface area contributed by atoms with Crippen molar-refractivity contribution in [3.63, 3.8) is 0 Å². The third kappa shape index (κ3) is 4.99. The van der Waals surface area contributed by atoms with Crippen LogP contribution in [0.4, 0.5) is 5.82 Å². The van der Waals surface area contributed by atoms with E-state index in [0.29, 0.717) is 24.3 Å². The Balaban J connectivity index is 2.26. The summed E-state index contributed by atoms with van der Waals surface area (Å²) in [6.45, 7) is 8.56. The van der Waals surface area contributed by atoms with E-state index in [1.807, 2.05) is 27.7 Å². The van der Waals surface area contributed by atoms with E-state index in [-0.39, 0.29) is 17.6 Å². The number of nitrogens with two attached hydrogens (primary N) is 1. The fourth-order valence-corrected chi connectivity index (χ4v) is 4.79. The number of fused-ring (bicyclic) bond motifs is 1. The van der Waals surface area contributed by atoms with Gasteiger partial charge in [-0.1, -0.05) is 13.3 Å². The lowest BCUT2D eigenvalue weighted by atomic mass is 10.2. The van der Waals surface area contributed by atoms with E-state index >= 15 is 0 Å². The van der Waals surface area contributed by atoms with Gasteiger partial charge >= 0.3 is 0 Å². The topological polar surface area (TPSA) is 100 Å². The van der Waals surface area contributed by atoms with E-state index in [2.05, 4.69) is 14.5 Å². The average molecular weight is 397 g/mol. The Morgan fingerprint density at radius 2 is 1.81 bits per heavy atom. The summed E-state index contributed by atoms with van der Waals surface area (Å²) in [5.41, 5.74) is 9.67. The lowest BCUT2D eigenvalue weighted by Gasteiger charge is -2.15. The minimum atomic E-state index is -2.96. The second-order valence-corrected chi connectivity index (χ2v) is 9.42. The second kappa shape index (κ2) is 9.01. The first-order valence-corrected chi connectivity index (χ1v) is 11.4. The molecule has 2 heterocycles. The van der Waals surface area contributed by atoms with E-state index in [4.69, 9.17) is 10.5 Å². The summed E-state index contributed by atoms with van der Waals surface area (Å²) in [5.74, 6) is 1.72. The number of rotatable bonds is 10. The zero-order valence-electron chi connectivity index (χ0n) is 17.1. The number of ether oxygens (including phenoxy) is 1. The molecule has 0 aliphatic carbocycles. The third-order valence-corrected chi connectivity index (χ3v) is 6.86. The Kier molecular flexibility index (Phi) is 7.22. The third-order valence-electron chi connectivity index (χ3n) is 5.04. The van der Waals surface area contributed by atoms with Crippen molar-refractivity contribution in [2.24, 2.45) is 0 Å². The van der Waals surface area contributed by atoms with Crippen molar-refractivity contribution in [1.29, 1.82) is 0 Å². The predicted molar refractivity (Wildman–Crippen MR) is 110 cm³/mol. The molecule has 2 rings (SSSR count). The van der Waals surface area contributed by atoms with Crippen LogP contribution in [0.3, 0.4) is 0 Å². The Labute approximate surface area is 162 Å². The monoisotopic (exact) mass is 396 g/mol. The van der Waals surface area contributed by atoms with Gasteiger partial charge in [-0.3, -0.25) is 0 Å². The summed E-state index contributed by atoms with van der Waals surface area (Å²) in [7, 11) is -1.31. The number of imidazole rings is 1. The Bertz CT molecular complexity index is 890. The van der Waals surface area contributed by atoms with E-state index in [9.17, 15) is 8.42 Å². The maximum atomic E-state index is 12.1. The number of pyridine rings is 1. The van der Waals surface area contributed by atoms with Crippen LogP contribution in [0.25, 0.3) is 11.0 Å². The smallest absolute Gasteiger partial charge is 0.151 e. The van der Waals surface area contributed by atoms with Crippen molar-refractivity contribution >= 4 is 26.7 Å². The van der Waals surface area contributed by atoms with Crippen molar-refractivity contribution in [2.45, 2.75) is 66.0 Å². The largest absolute Gasteiger partial charge is 0.382 e. The molecule has 152 valence electrons. The zero-order chi connectivity index (χ0) is 20.2. The van der Waals surface area contributed by atoms with Crippen LogP contribution in [0.2, 0.25) is 0 Å². The molecule has 27 heavy (non-hydrogen) atoms. The van der Waals surface area contributed by atoms with Crippen LogP contribution in [-0.2, 0) is 21.1 Å². The van der Waals surface area contributed by atoms with Crippen LogP contribution in [0, 0.1) is 13.8 Å². The lowest BCUT2D eigenvalue weighted by Crippen LogP contribution is -2.13. The summed E-state index contributed by atoms with van der Waals surface area (Å²) in [6, 6.07) is 0. The van der Waals surface area contributed by atoms with Gasteiger partial charge in [0.2, 0.25) is 0 Å². The first kappa shape index (κ1) is 21.6. The number of anilines is 1. The van der Waals surface area contributed by atoms with Gasteiger partial charge in [-0.15, -0.1) is 0 Å². The first-order valence-electron chi connectivity index (χ1n) is 9.57. The highest BCUT2D eigenvalue weighted by atomic mass is 32.2. The number of aryl methyl sites for hydroxylation is 3. The molecule has 0 aliphatic rings. The SMILES string of the molecule is CCCCS(=O)(=O)CCCCn1c(C(C)OC)nc2c(N)nc(C)c(C)c21. The van der Waals surface area contributed by atoms with Crippen LogP contribution in [0.15, 0.2) is 0 Å². The summed E-state index contributed by atoms with van der Waals surface area (Å²) in [4.78, 5) is 9.07. The van der Waals surface area contributed by atoms with E-state index in [1.54, 1.807) is 7.11 Å². The molecule has 2 aromatic rings. The molecular weight excluding hydrogens is 364 g/mol. The van der Waals surface area contributed by atoms with E-state index in [0.717, 1.165) is 41.9 Å². The van der Waals surface area contributed by atoms with Gasteiger partial charge in [-0.05, 0) is 45.6 Å². The van der Waals surface area contributed by atoms with Crippen LogP contribution in [-0.4, -0.2) is 41.6 Å². The second-order valence-electron chi connectivity index (χ2n) is 7.12. The van der Waals surface area contributed by atoms with Crippen LogP contribution >= 0.6 is 0 Å². The number of nitrogen functional groups attached to an aromatic ring is 1. The highest BCUT2D eigenvalue weighted by molar-refractivity contribution is 7.91. The Morgan fingerprint density at radius 3 is 2.44 bits per heavy atom. The summed E-state index contributed by atoms with van der Waals surface area (Å²) >= 11 is 0. The number of hydrogen-bond donors (Lipinski definition) is 1. The van der Waals surface area contributed by atoms with Crippen molar-refractivity contribution in [2.75, 3.05) is 24.3 Å². The fourth-order valence-electron chi connectivity index (χ4n) is 3.22. The van der Waals surface area contributed by atoms with Crippen LogP contribution in [0.5, 0.6) is 0 Å². The minimum absolute atomic E-state index is 0.190. The molecule has 0 spiro atoms. The highest BCUT2D eigenvalue weighted by Crippen LogP contribution is 2.29. The molecule has 0 radical (unpaired) electrons. The molecular formula is C19H32N4O3S. The Morgan fingerprint density at radius 1 is 1.15 bits per heavy atom. The minimum Gasteiger partial charge on any atom is -0.382 e. The number of nitrogens with zero attached hydrogens (tertiary/aromatic N) is 3. The van der Waals surface area contributed by atoms with Gasteiger partial charge in [0.05, 0.1) is 17.0 Å². The van der Waals surface area contributed by atoms with Crippen molar-refractivity contribution < 1.29 is 13.2 Å². The standard InChI is InChI=1S/C19H32N4O3S/c1-6-7-11-27(24,25)12-9-8-10-23-17-13(2)14(3)21-18(20)16(17)22-19(23)15(4)26-5/h15H,6-12H2,1-5H3,(H2,20,21). The van der Waals surface area contributed by atoms with Crippen molar-refractivity contribution in [3.05, 3.63) is 17.1 Å². The normalized spacial score (nSPS) is 13.4. The quantitative estimate of drug-likeness (QED) is 0.618. The zero-order valence-corrected chi connectivity index (χ0v) is 17.9. The Hall–Kier alpha value is -1.67. The summed E-state index contributed by atoms with van der Waals surface area (Å²) < 4.78 is 31.7. The molecule has 2 aromatic heterocycles. The maximum Gasteiger partial charge on any atom is 0.151 e. The van der Waals surface area contributed by atoms with Crippen molar-refractivity contribution in [3.8, 4) is 0 Å². The maximum absolute atomic E-state index is 12.1. The molecule has 1 unspecified atom stereocenters. The van der Waals surface area contributed by atoms with Gasteiger partial charge in [0.25, 0.3) is 0 Å². The first-order chi connectivity index (χ1) is 12.7. The molecule has 7 nitrogen and oxygen atoms in total. The molecule has 2 N–H and O–H groups in total. The van der Waals surface area contributed by atoms with Gasteiger partial charge in [0.15, 0.2) is 5.82 Å². The predicted octanol–water partition coefficient (Wildman–Crippen LogP) is 3.33. The van der Waals surface area contributed by atoms with E-state index in [1.165, 1.54) is 0 Å². The number of aromatic nitrogens is 3. The van der Waals surface area contributed by atoms with Gasteiger partial charge in [-0.25, -0.2) is 18.4 Å². The molecule has 0 bridgehead atoms. The lowest BCUT2D eigenvalue weighted by molar-refractivity contribution is 0.109. The number of sulfone groups is 1. The number of hydrogen-bond acceptors (Lipinski definition) is 6. The van der Waals surface area contributed by atoms with E-state index < -0.39 is 9.84 Å². The summed E-state index contributed by atoms with van der Waals surface area (Å²) in [5, 5.41) is 0. The number of unbranched alkanes of at least 4 members (excludes halogenated alkanes) is 2. The molecule has 0 saturated heterocycles. The molecule has 1 atom stereocenters. The highest BCUT2D eigenvalue weighted by Gasteiger charge is 2.21. The summed E-state index contributed by atoms with van der Waals surface area (Å²) in [6.07, 6.45) is 2.82. The molecule has 0 fully saturated rings. The molecule has 0 amide bonds. The van der Waals surface area contributed by atoms with Crippen molar-refractivity contribution in [1.82, 2.24) is 14.5 Å². The van der Waals surface area contributed by atoms with Crippen LogP contribution in [0.1, 0.15) is 62.7 Å². The van der Waals surface area contributed by atoms with Gasteiger partial charge in [0.1, 0.15) is 27.3 Å². The molecule has 8 heteroatoms.